The van der Waals surface area contributed by atoms with E-state index < -0.39 is 6.10 Å². The lowest BCUT2D eigenvalue weighted by molar-refractivity contribution is 0.218. The average molecular weight is 262 g/mol. The molecule has 0 aliphatic carbocycles. The van der Waals surface area contributed by atoms with Gasteiger partial charge in [0.15, 0.2) is 0 Å². The Morgan fingerprint density at radius 3 is 2.67 bits per heavy atom. The molecule has 2 aromatic rings. The van der Waals surface area contributed by atoms with E-state index in [2.05, 4.69) is 13.0 Å². The first-order valence-corrected chi connectivity index (χ1v) is 6.88. The molecule has 0 aliphatic rings. The van der Waals surface area contributed by atoms with Gasteiger partial charge in [-0.1, -0.05) is 18.6 Å². The second-order valence-electron chi connectivity index (χ2n) is 4.31. The fourth-order valence-corrected chi connectivity index (χ4v) is 2.91. The molecule has 1 unspecified atom stereocenters. The molecule has 0 fully saturated rings. The van der Waals surface area contributed by atoms with E-state index in [1.807, 2.05) is 31.2 Å². The van der Waals surface area contributed by atoms with E-state index in [0.29, 0.717) is 0 Å². The first-order chi connectivity index (χ1) is 8.65. The molecular formula is C15H18O2S. The Hall–Kier alpha value is -1.32. The Balaban J connectivity index is 2.38. The highest BCUT2D eigenvalue weighted by atomic mass is 32.1. The Bertz CT molecular complexity index is 531. The van der Waals surface area contributed by atoms with Crippen molar-refractivity contribution < 1.29 is 9.84 Å². The molecule has 0 aliphatic heterocycles. The van der Waals surface area contributed by atoms with Crippen LogP contribution in [0.3, 0.4) is 0 Å². The maximum atomic E-state index is 10.5. The molecule has 1 aromatic heterocycles. The molecular weight excluding hydrogens is 244 g/mol. The van der Waals surface area contributed by atoms with Crippen LogP contribution in [0.4, 0.5) is 0 Å². The van der Waals surface area contributed by atoms with Gasteiger partial charge in [-0.05, 0) is 37.6 Å². The lowest BCUT2D eigenvalue weighted by Crippen LogP contribution is -2.01. The standard InChI is InChI=1S/C15H18O2S/c1-4-11-6-8-14(18-11)15(16)12-9-10(2)5-7-13(12)17-3/h5-9,15-16H,4H2,1-3H3. The second-order valence-corrected chi connectivity index (χ2v) is 5.51. The number of methoxy groups -OCH3 is 1. The van der Waals surface area contributed by atoms with E-state index in [1.54, 1.807) is 18.4 Å². The van der Waals surface area contributed by atoms with Gasteiger partial charge in [-0.25, -0.2) is 0 Å². The van der Waals surface area contributed by atoms with Crippen molar-refractivity contribution in [2.75, 3.05) is 7.11 Å². The molecule has 3 heteroatoms. The summed E-state index contributed by atoms with van der Waals surface area (Å²) in [6, 6.07) is 9.94. The minimum absolute atomic E-state index is 0.606. The zero-order valence-electron chi connectivity index (χ0n) is 10.9. The van der Waals surface area contributed by atoms with Gasteiger partial charge in [0.2, 0.25) is 0 Å². The first-order valence-electron chi connectivity index (χ1n) is 6.07. The zero-order valence-corrected chi connectivity index (χ0v) is 11.8. The van der Waals surface area contributed by atoms with Gasteiger partial charge in [0, 0.05) is 15.3 Å². The monoisotopic (exact) mass is 262 g/mol. The molecule has 1 heterocycles. The van der Waals surface area contributed by atoms with Crippen LogP contribution in [-0.2, 0) is 6.42 Å². The number of hydrogen-bond acceptors (Lipinski definition) is 3. The normalized spacial score (nSPS) is 12.4. The number of rotatable bonds is 4. The Labute approximate surface area is 112 Å². The number of aliphatic hydroxyl groups is 1. The summed E-state index contributed by atoms with van der Waals surface area (Å²) >= 11 is 1.66. The fourth-order valence-electron chi connectivity index (χ4n) is 1.95. The van der Waals surface area contributed by atoms with Gasteiger partial charge in [0.1, 0.15) is 11.9 Å². The lowest BCUT2D eigenvalue weighted by Gasteiger charge is -2.14. The summed E-state index contributed by atoms with van der Waals surface area (Å²) in [6.07, 6.45) is 0.396. The van der Waals surface area contributed by atoms with E-state index in [0.717, 1.165) is 28.2 Å². The maximum Gasteiger partial charge on any atom is 0.125 e. The number of hydrogen-bond donors (Lipinski definition) is 1. The summed E-state index contributed by atoms with van der Waals surface area (Å²) < 4.78 is 5.32. The molecule has 2 nitrogen and oxygen atoms in total. The van der Waals surface area contributed by atoms with Crippen LogP contribution in [0, 0.1) is 6.92 Å². The second kappa shape index (κ2) is 5.55. The lowest BCUT2D eigenvalue weighted by atomic mass is 10.0. The molecule has 0 saturated carbocycles. The van der Waals surface area contributed by atoms with Crippen LogP contribution in [0.25, 0.3) is 0 Å². The van der Waals surface area contributed by atoms with Crippen LogP contribution in [-0.4, -0.2) is 12.2 Å². The van der Waals surface area contributed by atoms with E-state index >= 15 is 0 Å². The zero-order chi connectivity index (χ0) is 13.1. The van der Waals surface area contributed by atoms with Crippen molar-refractivity contribution in [1.29, 1.82) is 0 Å². The third-order valence-corrected chi connectivity index (χ3v) is 4.26. The first kappa shape index (κ1) is 13.1. The molecule has 0 amide bonds. The minimum Gasteiger partial charge on any atom is -0.496 e. The van der Waals surface area contributed by atoms with Crippen molar-refractivity contribution in [2.45, 2.75) is 26.4 Å². The predicted molar refractivity (Wildman–Crippen MR) is 75.5 cm³/mol. The van der Waals surface area contributed by atoms with Gasteiger partial charge in [0.25, 0.3) is 0 Å². The van der Waals surface area contributed by atoms with E-state index in [9.17, 15) is 5.11 Å². The van der Waals surface area contributed by atoms with Gasteiger partial charge in [-0.3, -0.25) is 0 Å². The summed E-state index contributed by atoms with van der Waals surface area (Å²) in [5.74, 6) is 0.736. The SMILES string of the molecule is CCc1ccc(C(O)c2cc(C)ccc2OC)s1. The summed E-state index contributed by atoms with van der Waals surface area (Å²) in [5, 5.41) is 10.5. The summed E-state index contributed by atoms with van der Waals surface area (Å²) in [6.45, 7) is 4.14. The molecule has 96 valence electrons. The highest BCUT2D eigenvalue weighted by molar-refractivity contribution is 7.12. The minimum atomic E-state index is -0.606. The molecule has 0 saturated heterocycles. The van der Waals surface area contributed by atoms with Crippen LogP contribution in [0.1, 0.15) is 33.9 Å². The Kier molecular flexibility index (Phi) is 4.04. The van der Waals surface area contributed by atoms with Gasteiger partial charge < -0.3 is 9.84 Å². The third kappa shape index (κ3) is 2.57. The third-order valence-electron chi connectivity index (χ3n) is 2.98. The summed E-state index contributed by atoms with van der Waals surface area (Å²) in [7, 11) is 1.63. The largest absolute Gasteiger partial charge is 0.496 e. The Morgan fingerprint density at radius 2 is 2.06 bits per heavy atom. The predicted octanol–water partition coefficient (Wildman–Crippen LogP) is 3.71. The molecule has 18 heavy (non-hydrogen) atoms. The smallest absolute Gasteiger partial charge is 0.125 e. The van der Waals surface area contributed by atoms with E-state index in [4.69, 9.17) is 4.74 Å². The average Bonchev–Trinajstić information content (AvgIpc) is 2.86. The van der Waals surface area contributed by atoms with Crippen molar-refractivity contribution in [3.05, 3.63) is 51.2 Å². The highest BCUT2D eigenvalue weighted by Crippen LogP contribution is 2.34. The van der Waals surface area contributed by atoms with Crippen molar-refractivity contribution >= 4 is 11.3 Å². The summed E-state index contributed by atoms with van der Waals surface area (Å²) in [5.41, 5.74) is 1.96. The van der Waals surface area contributed by atoms with Crippen molar-refractivity contribution in [3.8, 4) is 5.75 Å². The van der Waals surface area contributed by atoms with Gasteiger partial charge in [0.05, 0.1) is 7.11 Å². The molecule has 1 atom stereocenters. The molecule has 1 N–H and O–H groups in total. The van der Waals surface area contributed by atoms with Crippen LogP contribution in [0.2, 0.25) is 0 Å². The van der Waals surface area contributed by atoms with Gasteiger partial charge in [-0.2, -0.15) is 0 Å². The van der Waals surface area contributed by atoms with Crippen LogP contribution in [0.5, 0.6) is 5.75 Å². The van der Waals surface area contributed by atoms with Crippen molar-refractivity contribution in [3.63, 3.8) is 0 Å². The number of aryl methyl sites for hydroxylation is 2. The molecule has 0 bridgehead atoms. The van der Waals surface area contributed by atoms with Crippen LogP contribution < -0.4 is 4.74 Å². The topological polar surface area (TPSA) is 29.5 Å². The maximum absolute atomic E-state index is 10.5. The molecule has 2 rings (SSSR count). The molecule has 0 radical (unpaired) electrons. The van der Waals surface area contributed by atoms with Crippen molar-refractivity contribution in [2.24, 2.45) is 0 Å². The Morgan fingerprint density at radius 1 is 1.28 bits per heavy atom. The highest BCUT2D eigenvalue weighted by Gasteiger charge is 2.17. The quantitative estimate of drug-likeness (QED) is 0.910. The number of thiophene rings is 1. The fraction of sp³-hybridized carbons (Fsp3) is 0.333. The van der Waals surface area contributed by atoms with Crippen molar-refractivity contribution in [1.82, 2.24) is 0 Å². The van der Waals surface area contributed by atoms with E-state index in [-0.39, 0.29) is 0 Å². The van der Waals surface area contributed by atoms with Crippen LogP contribution in [0.15, 0.2) is 30.3 Å². The number of ether oxygens (including phenoxy) is 1. The number of benzene rings is 1. The molecule has 0 spiro atoms. The summed E-state index contributed by atoms with van der Waals surface area (Å²) in [4.78, 5) is 2.26. The van der Waals surface area contributed by atoms with Gasteiger partial charge in [-0.15, -0.1) is 11.3 Å². The molecule has 1 aromatic carbocycles. The van der Waals surface area contributed by atoms with Crippen LogP contribution >= 0.6 is 11.3 Å². The number of aliphatic hydroxyl groups excluding tert-OH is 1. The van der Waals surface area contributed by atoms with Gasteiger partial charge >= 0.3 is 0 Å². The van der Waals surface area contributed by atoms with E-state index in [1.165, 1.54) is 4.88 Å².